The van der Waals surface area contributed by atoms with E-state index in [9.17, 15) is 18.0 Å². The third kappa shape index (κ3) is 2.92. The number of rotatable bonds is 3. The highest BCUT2D eigenvalue weighted by molar-refractivity contribution is 6.04. The molecule has 0 saturated carbocycles. The summed E-state index contributed by atoms with van der Waals surface area (Å²) < 4.78 is 39.5. The van der Waals surface area contributed by atoms with Crippen LogP contribution in [-0.4, -0.2) is 25.7 Å². The first-order valence-corrected chi connectivity index (χ1v) is 5.64. The molecule has 0 radical (unpaired) electrons. The van der Waals surface area contributed by atoms with E-state index in [1.54, 1.807) is 6.92 Å². The SMILES string of the molecule is CCn1cc(C(=O)Nc2cnccn2)c(C(F)(F)F)n1. The molecule has 0 atom stereocenters. The molecule has 6 nitrogen and oxygen atoms in total. The minimum atomic E-state index is -4.70. The molecule has 0 fully saturated rings. The number of aromatic nitrogens is 4. The molecule has 9 heteroatoms. The van der Waals surface area contributed by atoms with Gasteiger partial charge in [-0.2, -0.15) is 18.3 Å². The van der Waals surface area contributed by atoms with Crippen LogP contribution in [0, 0.1) is 0 Å². The van der Waals surface area contributed by atoms with Crippen molar-refractivity contribution in [1.82, 2.24) is 19.7 Å². The summed E-state index contributed by atoms with van der Waals surface area (Å²) in [4.78, 5) is 19.3. The first-order chi connectivity index (χ1) is 9.41. The summed E-state index contributed by atoms with van der Waals surface area (Å²) in [5.41, 5.74) is -1.77. The van der Waals surface area contributed by atoms with E-state index in [2.05, 4.69) is 20.4 Å². The lowest BCUT2D eigenvalue weighted by atomic mass is 10.2. The molecule has 0 aromatic carbocycles. The van der Waals surface area contributed by atoms with Crippen LogP contribution in [0.1, 0.15) is 23.0 Å². The zero-order chi connectivity index (χ0) is 14.8. The Balaban J connectivity index is 2.32. The first-order valence-electron chi connectivity index (χ1n) is 5.64. The van der Waals surface area contributed by atoms with E-state index >= 15 is 0 Å². The maximum Gasteiger partial charge on any atom is 0.435 e. The maximum atomic E-state index is 12.8. The normalized spacial score (nSPS) is 11.4. The van der Waals surface area contributed by atoms with Crippen molar-refractivity contribution >= 4 is 11.7 Å². The second kappa shape index (κ2) is 5.27. The van der Waals surface area contributed by atoms with Gasteiger partial charge in [-0.15, -0.1) is 0 Å². The van der Waals surface area contributed by atoms with Crippen LogP contribution < -0.4 is 5.32 Å². The van der Waals surface area contributed by atoms with Gasteiger partial charge >= 0.3 is 6.18 Å². The number of alkyl halides is 3. The van der Waals surface area contributed by atoms with Gasteiger partial charge in [0.25, 0.3) is 5.91 Å². The van der Waals surface area contributed by atoms with Crippen molar-refractivity contribution in [2.45, 2.75) is 19.6 Å². The van der Waals surface area contributed by atoms with Gasteiger partial charge < -0.3 is 5.32 Å². The summed E-state index contributed by atoms with van der Waals surface area (Å²) in [6.07, 6.45) is 0.279. The minimum absolute atomic E-state index is 0.0647. The van der Waals surface area contributed by atoms with E-state index < -0.39 is 23.3 Å². The van der Waals surface area contributed by atoms with Crippen molar-refractivity contribution in [3.63, 3.8) is 0 Å². The molecule has 2 rings (SSSR count). The van der Waals surface area contributed by atoms with Gasteiger partial charge in [0.2, 0.25) is 0 Å². The number of hydrogen-bond donors (Lipinski definition) is 1. The van der Waals surface area contributed by atoms with Crippen LogP contribution in [0.2, 0.25) is 0 Å². The predicted molar refractivity (Wildman–Crippen MR) is 62.9 cm³/mol. The smallest absolute Gasteiger partial charge is 0.305 e. The van der Waals surface area contributed by atoms with E-state index in [4.69, 9.17) is 0 Å². The topological polar surface area (TPSA) is 72.7 Å². The summed E-state index contributed by atoms with van der Waals surface area (Å²) in [5, 5.41) is 5.60. The number of carbonyl (C=O) groups is 1. The molecule has 0 saturated heterocycles. The number of nitrogens with zero attached hydrogens (tertiary/aromatic N) is 4. The summed E-state index contributed by atoms with van der Waals surface area (Å²) in [6, 6.07) is 0. The molecule has 0 unspecified atom stereocenters. The Labute approximate surface area is 111 Å². The fourth-order valence-corrected chi connectivity index (χ4v) is 1.51. The molecule has 2 aromatic rings. The van der Waals surface area contributed by atoms with Crippen molar-refractivity contribution in [1.29, 1.82) is 0 Å². The lowest BCUT2D eigenvalue weighted by Crippen LogP contribution is -2.18. The Morgan fingerprint density at radius 3 is 2.70 bits per heavy atom. The Kier molecular flexibility index (Phi) is 3.68. The Bertz CT molecular complexity index is 608. The van der Waals surface area contributed by atoms with Gasteiger partial charge in [-0.25, -0.2) is 4.98 Å². The monoisotopic (exact) mass is 285 g/mol. The van der Waals surface area contributed by atoms with Gasteiger partial charge in [0.1, 0.15) is 0 Å². The third-order valence-electron chi connectivity index (χ3n) is 2.40. The van der Waals surface area contributed by atoms with Crippen LogP contribution in [0.4, 0.5) is 19.0 Å². The molecular formula is C11H10F3N5O. The summed E-state index contributed by atoms with van der Waals surface area (Å²) in [5.74, 6) is -0.868. The minimum Gasteiger partial charge on any atom is -0.305 e. The highest BCUT2D eigenvalue weighted by Crippen LogP contribution is 2.30. The standard InChI is InChI=1S/C11H10F3N5O/c1-2-19-6-7(9(18-19)11(12,13)14)10(20)17-8-5-15-3-4-16-8/h3-6H,2H2,1H3,(H,16,17,20). The molecular weight excluding hydrogens is 275 g/mol. The van der Waals surface area contributed by atoms with Gasteiger partial charge in [-0.1, -0.05) is 0 Å². The second-order valence-electron chi connectivity index (χ2n) is 3.79. The fourth-order valence-electron chi connectivity index (χ4n) is 1.51. The Morgan fingerprint density at radius 2 is 2.15 bits per heavy atom. The summed E-state index contributed by atoms with van der Waals surface area (Å²) in [7, 11) is 0. The van der Waals surface area contributed by atoms with Gasteiger partial charge in [-0.3, -0.25) is 14.5 Å². The molecule has 1 amide bonds. The number of anilines is 1. The van der Waals surface area contributed by atoms with E-state index in [-0.39, 0.29) is 12.4 Å². The Hall–Kier alpha value is -2.45. The van der Waals surface area contributed by atoms with E-state index in [0.29, 0.717) is 0 Å². The van der Waals surface area contributed by atoms with Gasteiger partial charge in [0, 0.05) is 25.1 Å². The predicted octanol–water partition coefficient (Wildman–Crippen LogP) is 1.96. The number of aryl methyl sites for hydroxylation is 1. The Morgan fingerprint density at radius 1 is 1.40 bits per heavy atom. The molecule has 20 heavy (non-hydrogen) atoms. The van der Waals surface area contributed by atoms with Crippen LogP contribution in [0.15, 0.2) is 24.8 Å². The average molecular weight is 285 g/mol. The van der Waals surface area contributed by atoms with E-state index in [0.717, 1.165) is 10.9 Å². The molecule has 1 N–H and O–H groups in total. The number of hydrogen-bond acceptors (Lipinski definition) is 4. The van der Waals surface area contributed by atoms with Crippen LogP contribution in [-0.2, 0) is 12.7 Å². The number of carbonyl (C=O) groups excluding carboxylic acids is 1. The summed E-state index contributed by atoms with van der Waals surface area (Å²) in [6.45, 7) is 1.85. The van der Waals surface area contributed by atoms with Crippen molar-refractivity contribution in [3.05, 3.63) is 36.0 Å². The lowest BCUT2D eigenvalue weighted by molar-refractivity contribution is -0.141. The highest BCUT2D eigenvalue weighted by Gasteiger charge is 2.39. The average Bonchev–Trinajstić information content (AvgIpc) is 2.84. The quantitative estimate of drug-likeness (QED) is 0.935. The third-order valence-corrected chi connectivity index (χ3v) is 2.40. The second-order valence-corrected chi connectivity index (χ2v) is 3.79. The molecule has 0 bridgehead atoms. The van der Waals surface area contributed by atoms with Gasteiger partial charge in [0.05, 0.1) is 11.8 Å². The molecule has 2 heterocycles. The van der Waals surface area contributed by atoms with Crippen molar-refractivity contribution in [3.8, 4) is 0 Å². The maximum absolute atomic E-state index is 12.8. The van der Waals surface area contributed by atoms with E-state index in [1.807, 2.05) is 0 Å². The van der Waals surface area contributed by atoms with Crippen molar-refractivity contribution in [2.24, 2.45) is 0 Å². The van der Waals surface area contributed by atoms with Crippen LogP contribution in [0.25, 0.3) is 0 Å². The first kappa shape index (κ1) is 14.0. The van der Waals surface area contributed by atoms with E-state index in [1.165, 1.54) is 18.6 Å². The highest BCUT2D eigenvalue weighted by atomic mass is 19.4. The largest absolute Gasteiger partial charge is 0.435 e. The van der Waals surface area contributed by atoms with Gasteiger partial charge in [-0.05, 0) is 6.92 Å². The number of amides is 1. The van der Waals surface area contributed by atoms with Crippen molar-refractivity contribution in [2.75, 3.05) is 5.32 Å². The number of nitrogens with one attached hydrogen (secondary N) is 1. The fraction of sp³-hybridized carbons (Fsp3) is 0.273. The zero-order valence-electron chi connectivity index (χ0n) is 10.3. The van der Waals surface area contributed by atoms with Crippen molar-refractivity contribution < 1.29 is 18.0 Å². The lowest BCUT2D eigenvalue weighted by Gasteiger charge is -2.06. The molecule has 2 aromatic heterocycles. The van der Waals surface area contributed by atoms with Crippen LogP contribution in [0.3, 0.4) is 0 Å². The molecule has 0 aliphatic carbocycles. The van der Waals surface area contributed by atoms with Gasteiger partial charge in [0.15, 0.2) is 11.5 Å². The molecule has 0 aliphatic rings. The summed E-state index contributed by atoms with van der Waals surface area (Å²) >= 11 is 0. The molecule has 0 spiro atoms. The number of halogens is 3. The zero-order valence-corrected chi connectivity index (χ0v) is 10.3. The molecule has 106 valence electrons. The van der Waals surface area contributed by atoms with Crippen LogP contribution >= 0.6 is 0 Å². The van der Waals surface area contributed by atoms with Crippen LogP contribution in [0.5, 0.6) is 0 Å². The molecule has 0 aliphatic heterocycles.